The molecule has 3 heteroatoms. The van der Waals surface area contributed by atoms with Gasteiger partial charge in [-0.3, -0.25) is 0 Å². The Balaban J connectivity index is 2.94. The van der Waals surface area contributed by atoms with Gasteiger partial charge in [0.1, 0.15) is 0 Å². The fraction of sp³-hybridized carbons (Fsp3) is 0.538. The van der Waals surface area contributed by atoms with Crippen molar-refractivity contribution in [1.82, 2.24) is 0 Å². The van der Waals surface area contributed by atoms with Gasteiger partial charge in [-0.15, -0.1) is 0 Å². The number of rotatable bonds is 4. The first-order valence-corrected chi connectivity index (χ1v) is 7.17. The van der Waals surface area contributed by atoms with Crippen LogP contribution in [0.5, 0.6) is 0 Å². The van der Waals surface area contributed by atoms with Gasteiger partial charge >= 0.3 is 0 Å². The molecule has 0 N–H and O–H groups in total. The number of halogens is 3. The Morgan fingerprint density at radius 1 is 1.12 bits per heavy atom. The van der Waals surface area contributed by atoms with Crippen LogP contribution in [0.4, 0.5) is 0 Å². The van der Waals surface area contributed by atoms with Crippen molar-refractivity contribution in [3.05, 3.63) is 33.8 Å². The van der Waals surface area contributed by atoms with Crippen molar-refractivity contribution in [2.24, 2.45) is 11.8 Å². The van der Waals surface area contributed by atoms with Crippen LogP contribution in [-0.2, 0) is 6.42 Å². The maximum atomic E-state index is 6.18. The van der Waals surface area contributed by atoms with Crippen LogP contribution >= 0.6 is 39.1 Å². The van der Waals surface area contributed by atoms with Crippen molar-refractivity contribution in [2.45, 2.75) is 32.0 Å². The third-order valence-electron chi connectivity index (χ3n) is 2.95. The van der Waals surface area contributed by atoms with E-state index in [9.17, 15) is 0 Å². The second-order valence-corrected chi connectivity index (χ2v) is 6.75. The largest absolute Gasteiger partial charge is 0.0890 e. The van der Waals surface area contributed by atoms with Crippen LogP contribution in [0.2, 0.25) is 10.0 Å². The predicted molar refractivity (Wildman–Crippen MR) is 76.9 cm³/mol. The molecule has 0 aromatic heterocycles. The molecule has 90 valence electrons. The molecule has 16 heavy (non-hydrogen) atoms. The minimum atomic E-state index is 0.458. The first-order chi connectivity index (χ1) is 7.43. The lowest BCUT2D eigenvalue weighted by molar-refractivity contribution is 0.384. The van der Waals surface area contributed by atoms with Crippen molar-refractivity contribution in [1.29, 1.82) is 0 Å². The Kier molecular flexibility index (Phi) is 5.63. The Hall–Kier alpha value is 0.280. The molecule has 1 rings (SSSR count). The fourth-order valence-corrected chi connectivity index (χ4v) is 3.24. The van der Waals surface area contributed by atoms with Gasteiger partial charge in [0, 0.05) is 14.9 Å². The Labute approximate surface area is 116 Å². The van der Waals surface area contributed by atoms with Crippen LogP contribution in [0.3, 0.4) is 0 Å². The van der Waals surface area contributed by atoms with Gasteiger partial charge in [0.25, 0.3) is 0 Å². The van der Waals surface area contributed by atoms with E-state index in [4.69, 9.17) is 23.2 Å². The molecule has 0 fully saturated rings. The van der Waals surface area contributed by atoms with E-state index >= 15 is 0 Å². The summed E-state index contributed by atoms with van der Waals surface area (Å²) in [5.41, 5.74) is 1.07. The van der Waals surface area contributed by atoms with Crippen LogP contribution in [0.15, 0.2) is 18.2 Å². The number of alkyl halides is 1. The maximum absolute atomic E-state index is 6.18. The highest BCUT2D eigenvalue weighted by molar-refractivity contribution is 9.09. The van der Waals surface area contributed by atoms with Gasteiger partial charge in [-0.25, -0.2) is 0 Å². The van der Waals surface area contributed by atoms with Gasteiger partial charge in [0.15, 0.2) is 0 Å². The summed E-state index contributed by atoms with van der Waals surface area (Å²) in [6.07, 6.45) is 0.919. The lowest BCUT2D eigenvalue weighted by atomic mass is 9.87. The molecule has 1 aromatic rings. The lowest BCUT2D eigenvalue weighted by Crippen LogP contribution is -2.20. The molecule has 0 aliphatic rings. The first-order valence-electron chi connectivity index (χ1n) is 5.50. The van der Waals surface area contributed by atoms with Crippen molar-refractivity contribution >= 4 is 39.1 Å². The molecular formula is C13H17BrCl2. The second kappa shape index (κ2) is 6.28. The van der Waals surface area contributed by atoms with E-state index in [1.807, 2.05) is 18.2 Å². The van der Waals surface area contributed by atoms with Gasteiger partial charge in [-0.05, 0) is 36.0 Å². The SMILES string of the molecule is CC(C)C(Cc1c(Cl)cccc1Cl)C(C)Br. The minimum Gasteiger partial charge on any atom is -0.0890 e. The van der Waals surface area contributed by atoms with Crippen molar-refractivity contribution in [3.8, 4) is 0 Å². The zero-order valence-electron chi connectivity index (χ0n) is 9.81. The zero-order chi connectivity index (χ0) is 12.3. The summed E-state index contributed by atoms with van der Waals surface area (Å²) in [6, 6.07) is 5.69. The topological polar surface area (TPSA) is 0 Å². The van der Waals surface area contributed by atoms with E-state index in [0.717, 1.165) is 22.0 Å². The average molecular weight is 324 g/mol. The van der Waals surface area contributed by atoms with Crippen LogP contribution in [0, 0.1) is 11.8 Å². The molecule has 0 bridgehead atoms. The van der Waals surface area contributed by atoms with Crippen molar-refractivity contribution in [3.63, 3.8) is 0 Å². The Morgan fingerprint density at radius 2 is 1.62 bits per heavy atom. The molecule has 0 aliphatic carbocycles. The van der Waals surface area contributed by atoms with E-state index in [2.05, 4.69) is 36.7 Å². The maximum Gasteiger partial charge on any atom is 0.0452 e. The second-order valence-electron chi connectivity index (χ2n) is 4.49. The first kappa shape index (κ1) is 14.3. The molecule has 0 radical (unpaired) electrons. The summed E-state index contributed by atoms with van der Waals surface area (Å²) < 4.78 is 0. The summed E-state index contributed by atoms with van der Waals surface area (Å²) >= 11 is 16.0. The molecule has 0 saturated heterocycles. The third kappa shape index (κ3) is 3.65. The Morgan fingerprint density at radius 3 is 2.00 bits per heavy atom. The quantitative estimate of drug-likeness (QED) is 0.633. The average Bonchev–Trinajstić information content (AvgIpc) is 2.15. The molecule has 0 nitrogen and oxygen atoms in total. The van der Waals surface area contributed by atoms with E-state index in [-0.39, 0.29) is 0 Å². The fourth-order valence-electron chi connectivity index (χ4n) is 1.89. The highest BCUT2D eigenvalue weighted by Gasteiger charge is 2.21. The molecule has 0 amide bonds. The summed E-state index contributed by atoms with van der Waals surface area (Å²) in [4.78, 5) is 0.458. The predicted octanol–water partition coefficient (Wildman–Crippen LogP) is 5.59. The number of benzene rings is 1. The molecule has 2 atom stereocenters. The molecule has 0 aliphatic heterocycles. The van der Waals surface area contributed by atoms with E-state index < -0.39 is 0 Å². The summed E-state index contributed by atoms with van der Waals surface area (Å²) in [5.74, 6) is 1.14. The van der Waals surface area contributed by atoms with Crippen molar-refractivity contribution in [2.75, 3.05) is 0 Å². The number of hydrogen-bond acceptors (Lipinski definition) is 0. The third-order valence-corrected chi connectivity index (χ3v) is 4.34. The highest BCUT2D eigenvalue weighted by Crippen LogP contribution is 2.32. The smallest absolute Gasteiger partial charge is 0.0452 e. The van der Waals surface area contributed by atoms with Gasteiger partial charge < -0.3 is 0 Å². The van der Waals surface area contributed by atoms with Gasteiger partial charge in [-0.1, -0.05) is 66.0 Å². The lowest BCUT2D eigenvalue weighted by Gasteiger charge is -2.24. The standard InChI is InChI=1S/C13H17BrCl2/c1-8(2)10(9(3)14)7-11-12(15)5-4-6-13(11)16/h4-6,8-10H,7H2,1-3H3. The van der Waals surface area contributed by atoms with Gasteiger partial charge in [0.05, 0.1) is 0 Å². The zero-order valence-corrected chi connectivity index (χ0v) is 12.9. The summed E-state index contributed by atoms with van der Waals surface area (Å²) in [6.45, 7) is 6.63. The van der Waals surface area contributed by atoms with E-state index in [1.165, 1.54) is 0 Å². The molecule has 0 spiro atoms. The van der Waals surface area contributed by atoms with Crippen molar-refractivity contribution < 1.29 is 0 Å². The molecule has 2 unspecified atom stereocenters. The normalized spacial score (nSPS) is 15.2. The van der Waals surface area contributed by atoms with Gasteiger partial charge in [-0.2, -0.15) is 0 Å². The van der Waals surface area contributed by atoms with Crippen LogP contribution in [0.25, 0.3) is 0 Å². The summed E-state index contributed by atoms with van der Waals surface area (Å²) in [7, 11) is 0. The van der Waals surface area contributed by atoms with Gasteiger partial charge in [0.2, 0.25) is 0 Å². The number of hydrogen-bond donors (Lipinski definition) is 0. The molecule has 0 heterocycles. The van der Waals surface area contributed by atoms with Crippen LogP contribution in [0.1, 0.15) is 26.3 Å². The van der Waals surface area contributed by atoms with Crippen LogP contribution < -0.4 is 0 Å². The van der Waals surface area contributed by atoms with E-state index in [1.54, 1.807) is 0 Å². The van der Waals surface area contributed by atoms with Crippen LogP contribution in [-0.4, -0.2) is 4.83 Å². The van der Waals surface area contributed by atoms with E-state index in [0.29, 0.717) is 16.7 Å². The molecule has 1 aromatic carbocycles. The monoisotopic (exact) mass is 322 g/mol. The Bertz CT molecular complexity index is 320. The minimum absolute atomic E-state index is 0.458. The molecule has 0 saturated carbocycles. The highest BCUT2D eigenvalue weighted by atomic mass is 79.9. The summed E-state index contributed by atoms with van der Waals surface area (Å²) in [5, 5.41) is 1.54. The molecular weight excluding hydrogens is 307 g/mol.